The number of carbonyl (C=O) groups is 1. The zero-order chi connectivity index (χ0) is 18.0. The number of halogens is 1. The second-order valence-corrected chi connectivity index (χ2v) is 6.45. The Balaban J connectivity index is 1.80. The molecule has 0 aromatic carbocycles. The Labute approximate surface area is 146 Å². The van der Waals surface area contributed by atoms with Crippen LogP contribution in [0, 0.1) is 0 Å². The van der Waals surface area contributed by atoms with Crippen molar-refractivity contribution in [2.24, 2.45) is 0 Å². The minimum Gasteiger partial charge on any atom is -0.461 e. The summed E-state index contributed by atoms with van der Waals surface area (Å²) >= 11 is 0. The van der Waals surface area contributed by atoms with Gasteiger partial charge in [-0.25, -0.2) is 9.78 Å². The second-order valence-electron chi connectivity index (χ2n) is 6.45. The van der Waals surface area contributed by atoms with Gasteiger partial charge in [0.25, 0.3) is 0 Å². The number of anilines is 1. The normalized spacial score (nSPS) is 17.6. The molecule has 0 spiro atoms. The summed E-state index contributed by atoms with van der Waals surface area (Å²) in [5.41, 5.74) is 2.36. The van der Waals surface area contributed by atoms with E-state index in [2.05, 4.69) is 5.10 Å². The molecule has 1 aliphatic carbocycles. The van der Waals surface area contributed by atoms with Gasteiger partial charge in [0.15, 0.2) is 5.65 Å². The Morgan fingerprint density at radius 3 is 2.76 bits per heavy atom. The summed E-state index contributed by atoms with van der Waals surface area (Å²) in [6, 6.07) is 3.92. The highest BCUT2D eigenvalue weighted by molar-refractivity contribution is 5.86. The largest absolute Gasteiger partial charge is 0.461 e. The number of carbonyl (C=O) groups excluding carboxylic acids is 1. The predicted molar refractivity (Wildman–Crippen MR) is 93.3 cm³/mol. The molecule has 0 bridgehead atoms. The number of ether oxygens (including phenoxy) is 1. The second kappa shape index (κ2) is 7.21. The molecule has 0 aliphatic heterocycles. The van der Waals surface area contributed by atoms with E-state index in [4.69, 9.17) is 9.72 Å². The van der Waals surface area contributed by atoms with E-state index >= 15 is 0 Å². The molecule has 0 amide bonds. The average molecular weight is 346 g/mol. The fourth-order valence-electron chi connectivity index (χ4n) is 3.26. The minimum atomic E-state index is -0.843. The SMILES string of the molecule is CCOC(=O)C(F)=C1CCC(c2cc(N(C)C)n3nccc3n2)CC1. The van der Waals surface area contributed by atoms with Crippen LogP contribution in [0.15, 0.2) is 29.7 Å². The molecular formula is C18H23FN4O2. The summed E-state index contributed by atoms with van der Waals surface area (Å²) in [6.45, 7) is 1.86. The number of rotatable bonds is 4. The van der Waals surface area contributed by atoms with Crippen LogP contribution in [0.2, 0.25) is 0 Å². The predicted octanol–water partition coefficient (Wildman–Crippen LogP) is 3.24. The quantitative estimate of drug-likeness (QED) is 0.628. The molecule has 7 heteroatoms. The van der Waals surface area contributed by atoms with Crippen LogP contribution in [0.4, 0.5) is 10.2 Å². The van der Waals surface area contributed by atoms with Crippen molar-refractivity contribution in [3.8, 4) is 0 Å². The lowest BCUT2D eigenvalue weighted by atomic mass is 9.83. The third-order valence-electron chi connectivity index (χ3n) is 4.59. The Morgan fingerprint density at radius 1 is 1.40 bits per heavy atom. The van der Waals surface area contributed by atoms with Crippen LogP contribution in [0.25, 0.3) is 5.65 Å². The van der Waals surface area contributed by atoms with E-state index in [1.54, 1.807) is 17.6 Å². The Bertz CT molecular complexity index is 803. The Kier molecular flexibility index (Phi) is 5.01. The van der Waals surface area contributed by atoms with Gasteiger partial charge in [-0.05, 0) is 38.2 Å². The molecule has 2 aromatic heterocycles. The van der Waals surface area contributed by atoms with Gasteiger partial charge in [0.2, 0.25) is 5.83 Å². The highest BCUT2D eigenvalue weighted by atomic mass is 19.1. The van der Waals surface area contributed by atoms with Gasteiger partial charge in [0.1, 0.15) is 5.82 Å². The van der Waals surface area contributed by atoms with E-state index < -0.39 is 11.8 Å². The van der Waals surface area contributed by atoms with Gasteiger partial charge in [0, 0.05) is 37.8 Å². The molecule has 3 rings (SSSR count). The summed E-state index contributed by atoms with van der Waals surface area (Å²) in [5, 5.41) is 4.30. The van der Waals surface area contributed by atoms with Gasteiger partial charge in [-0.1, -0.05) is 0 Å². The topological polar surface area (TPSA) is 59.7 Å². The van der Waals surface area contributed by atoms with Crippen LogP contribution >= 0.6 is 0 Å². The van der Waals surface area contributed by atoms with Gasteiger partial charge >= 0.3 is 5.97 Å². The summed E-state index contributed by atoms with van der Waals surface area (Å²) in [6.07, 6.45) is 4.38. The first-order valence-electron chi connectivity index (χ1n) is 8.58. The first-order valence-corrected chi connectivity index (χ1v) is 8.58. The van der Waals surface area contributed by atoms with E-state index in [1.807, 2.05) is 31.1 Å². The molecule has 0 unspecified atom stereocenters. The van der Waals surface area contributed by atoms with Crippen LogP contribution in [-0.4, -0.2) is 41.3 Å². The van der Waals surface area contributed by atoms with Crippen LogP contribution in [0.1, 0.15) is 44.2 Å². The van der Waals surface area contributed by atoms with E-state index in [-0.39, 0.29) is 12.5 Å². The number of hydrogen-bond donors (Lipinski definition) is 0. The lowest BCUT2D eigenvalue weighted by Crippen LogP contribution is -2.17. The van der Waals surface area contributed by atoms with Crippen molar-refractivity contribution in [2.75, 3.05) is 25.6 Å². The van der Waals surface area contributed by atoms with Gasteiger partial charge in [-0.3, -0.25) is 0 Å². The molecule has 6 nitrogen and oxygen atoms in total. The third kappa shape index (κ3) is 3.50. The van der Waals surface area contributed by atoms with Crippen molar-refractivity contribution in [3.63, 3.8) is 0 Å². The van der Waals surface area contributed by atoms with Crippen molar-refractivity contribution in [3.05, 3.63) is 35.4 Å². The van der Waals surface area contributed by atoms with Gasteiger partial charge < -0.3 is 9.64 Å². The van der Waals surface area contributed by atoms with E-state index in [1.165, 1.54) is 0 Å². The Hall–Kier alpha value is -2.44. The number of hydrogen-bond acceptors (Lipinski definition) is 5. The van der Waals surface area contributed by atoms with Crippen LogP contribution in [0.3, 0.4) is 0 Å². The Morgan fingerprint density at radius 2 is 2.12 bits per heavy atom. The van der Waals surface area contributed by atoms with Gasteiger partial charge in [0.05, 0.1) is 12.8 Å². The van der Waals surface area contributed by atoms with Crippen molar-refractivity contribution >= 4 is 17.4 Å². The number of allylic oxidation sites excluding steroid dienone is 1. The maximum absolute atomic E-state index is 14.1. The highest BCUT2D eigenvalue weighted by Gasteiger charge is 2.25. The fourth-order valence-corrected chi connectivity index (χ4v) is 3.26. The molecule has 2 aromatic rings. The third-order valence-corrected chi connectivity index (χ3v) is 4.59. The molecule has 25 heavy (non-hydrogen) atoms. The molecule has 134 valence electrons. The van der Waals surface area contributed by atoms with Crippen LogP contribution in [-0.2, 0) is 9.53 Å². The molecule has 0 atom stereocenters. The van der Waals surface area contributed by atoms with Crippen molar-refractivity contribution in [1.82, 2.24) is 14.6 Å². The molecule has 0 N–H and O–H groups in total. The summed E-state index contributed by atoms with van der Waals surface area (Å²) in [5.74, 6) is -0.348. The summed E-state index contributed by atoms with van der Waals surface area (Å²) < 4.78 is 20.7. The molecule has 0 radical (unpaired) electrons. The lowest BCUT2D eigenvalue weighted by molar-refractivity contribution is -0.140. The zero-order valence-corrected chi connectivity index (χ0v) is 14.8. The highest BCUT2D eigenvalue weighted by Crippen LogP contribution is 2.37. The number of esters is 1. The summed E-state index contributed by atoms with van der Waals surface area (Å²) in [7, 11) is 3.94. The lowest BCUT2D eigenvalue weighted by Gasteiger charge is -2.25. The van der Waals surface area contributed by atoms with E-state index in [0.29, 0.717) is 18.4 Å². The molecule has 0 saturated heterocycles. The van der Waals surface area contributed by atoms with Crippen molar-refractivity contribution in [1.29, 1.82) is 0 Å². The molecular weight excluding hydrogens is 323 g/mol. The van der Waals surface area contributed by atoms with Crippen LogP contribution in [0.5, 0.6) is 0 Å². The monoisotopic (exact) mass is 346 g/mol. The van der Waals surface area contributed by atoms with Crippen molar-refractivity contribution in [2.45, 2.75) is 38.5 Å². The maximum Gasteiger partial charge on any atom is 0.367 e. The van der Waals surface area contributed by atoms with Gasteiger partial charge in [-0.2, -0.15) is 14.0 Å². The molecule has 1 aliphatic rings. The van der Waals surface area contributed by atoms with E-state index in [0.717, 1.165) is 30.0 Å². The maximum atomic E-state index is 14.1. The zero-order valence-electron chi connectivity index (χ0n) is 14.8. The first kappa shape index (κ1) is 17.4. The minimum absolute atomic E-state index is 0.185. The van der Waals surface area contributed by atoms with Crippen LogP contribution < -0.4 is 4.90 Å². The van der Waals surface area contributed by atoms with Gasteiger partial charge in [-0.15, -0.1) is 0 Å². The number of fused-ring (bicyclic) bond motifs is 1. The average Bonchev–Trinajstić information content (AvgIpc) is 3.09. The number of aromatic nitrogens is 3. The van der Waals surface area contributed by atoms with Crippen molar-refractivity contribution < 1.29 is 13.9 Å². The molecule has 1 fully saturated rings. The molecule has 2 heterocycles. The first-order chi connectivity index (χ1) is 12.0. The smallest absolute Gasteiger partial charge is 0.367 e. The molecule has 1 saturated carbocycles. The standard InChI is InChI=1S/C18H23FN4O2/c1-4-25-18(24)17(19)13-7-5-12(6-8-13)14-11-16(22(2)3)23-15(21-14)9-10-20-23/h9-12H,4-8H2,1-3H3. The number of nitrogens with zero attached hydrogens (tertiary/aromatic N) is 4. The fraction of sp³-hybridized carbons (Fsp3) is 0.500. The summed E-state index contributed by atoms with van der Waals surface area (Å²) in [4.78, 5) is 18.3. The van der Waals surface area contributed by atoms with E-state index in [9.17, 15) is 9.18 Å².